The maximum absolute atomic E-state index is 0. The van der Waals surface area contributed by atoms with Gasteiger partial charge in [0.25, 0.3) is 0 Å². The van der Waals surface area contributed by atoms with Crippen LogP contribution in [-0.2, 0) is 17.1 Å². The summed E-state index contributed by atoms with van der Waals surface area (Å²) in [5.41, 5.74) is 0. The third kappa shape index (κ3) is 24.7. The molecule has 0 rings (SSSR count). The Labute approximate surface area is 70.7 Å². The van der Waals surface area contributed by atoms with Crippen LogP contribution in [0.1, 0.15) is 0 Å². The van der Waals surface area contributed by atoms with E-state index < -0.39 is 0 Å². The van der Waals surface area contributed by atoms with Gasteiger partial charge in [0.15, 0.2) is 0 Å². The molecule has 0 aromatic rings. The molecule has 0 fully saturated rings. The smallest absolute Gasteiger partial charge is 0 e. The molecule has 0 aliphatic carbocycles. The molecule has 0 atom stereocenters. The standard InChI is InChI=1S/Fe.4H2S/h;4*1H2. The molecular weight excluding hydrogens is 184 g/mol. The fourth-order valence-corrected chi connectivity index (χ4v) is 0. The summed E-state index contributed by atoms with van der Waals surface area (Å²) in [7, 11) is 0. The maximum Gasteiger partial charge on any atom is 0 e. The van der Waals surface area contributed by atoms with Crippen LogP contribution in [0, 0.1) is 0 Å². The summed E-state index contributed by atoms with van der Waals surface area (Å²) < 4.78 is 0. The number of hydrogen-bond acceptors (Lipinski definition) is 0. The minimum atomic E-state index is 0. The Morgan fingerprint density at radius 1 is 0.400 bits per heavy atom. The van der Waals surface area contributed by atoms with Gasteiger partial charge < -0.3 is 0 Å². The van der Waals surface area contributed by atoms with Crippen LogP contribution in [-0.4, -0.2) is 0 Å². The first-order valence-electron chi connectivity index (χ1n) is 0. The van der Waals surface area contributed by atoms with Crippen molar-refractivity contribution in [3.63, 3.8) is 0 Å². The minimum absolute atomic E-state index is 0. The topological polar surface area (TPSA) is 0 Å². The zero-order valence-corrected chi connectivity index (χ0v) is 7.46. The molecule has 0 amide bonds. The number of hydrogen-bond donors (Lipinski definition) is 0. The molecule has 0 bridgehead atoms. The van der Waals surface area contributed by atoms with Crippen LogP contribution in [0.3, 0.4) is 0 Å². The average molecular weight is 192 g/mol. The molecule has 0 radical (unpaired) electrons. The van der Waals surface area contributed by atoms with Gasteiger partial charge >= 0.3 is 0 Å². The van der Waals surface area contributed by atoms with Gasteiger partial charge in [-0.1, -0.05) is 0 Å². The Morgan fingerprint density at radius 3 is 0.400 bits per heavy atom. The largest absolute Gasteiger partial charge is 0.197 e. The van der Waals surface area contributed by atoms with Crippen molar-refractivity contribution in [1.82, 2.24) is 0 Å². The van der Waals surface area contributed by atoms with E-state index in [1.54, 1.807) is 0 Å². The van der Waals surface area contributed by atoms with Crippen LogP contribution >= 0.6 is 54.0 Å². The first-order chi connectivity index (χ1) is 0. The van der Waals surface area contributed by atoms with Gasteiger partial charge in [0.2, 0.25) is 0 Å². The van der Waals surface area contributed by atoms with Crippen molar-refractivity contribution in [3.8, 4) is 0 Å². The summed E-state index contributed by atoms with van der Waals surface area (Å²) >= 11 is 0. The van der Waals surface area contributed by atoms with E-state index in [1.807, 2.05) is 0 Å². The second-order valence-electron chi connectivity index (χ2n) is 0. The third-order valence-electron chi connectivity index (χ3n) is 0. The molecule has 0 aromatic carbocycles. The van der Waals surface area contributed by atoms with Crippen LogP contribution < -0.4 is 0 Å². The summed E-state index contributed by atoms with van der Waals surface area (Å²) in [5, 5.41) is 0. The second-order valence-corrected chi connectivity index (χ2v) is 0. The fraction of sp³-hybridized carbons (Fsp3) is 0. The van der Waals surface area contributed by atoms with Gasteiger partial charge in [-0.15, -0.1) is 0 Å². The van der Waals surface area contributed by atoms with Gasteiger partial charge in [0.1, 0.15) is 0 Å². The van der Waals surface area contributed by atoms with E-state index in [-0.39, 0.29) is 71.1 Å². The Kier molecular flexibility index (Phi) is 512. The molecule has 0 heterocycles. The molecule has 0 saturated heterocycles. The van der Waals surface area contributed by atoms with Gasteiger partial charge in [0.05, 0.1) is 0 Å². The van der Waals surface area contributed by atoms with Crippen molar-refractivity contribution < 1.29 is 17.1 Å². The molecule has 0 saturated carbocycles. The quantitative estimate of drug-likeness (QED) is 0.489. The summed E-state index contributed by atoms with van der Waals surface area (Å²) in [5.74, 6) is 0. The predicted octanol–water partition coefficient (Wildman–Crippen LogP) is 0.449. The van der Waals surface area contributed by atoms with Gasteiger partial charge in [-0.05, 0) is 0 Å². The summed E-state index contributed by atoms with van der Waals surface area (Å²) in [6, 6.07) is 0. The molecule has 0 aromatic heterocycles. The summed E-state index contributed by atoms with van der Waals surface area (Å²) in [4.78, 5) is 0. The Bertz CT molecular complexity index is 3.61. The van der Waals surface area contributed by atoms with E-state index in [0.29, 0.717) is 0 Å². The predicted molar refractivity (Wildman–Crippen MR) is 41.5 cm³/mol. The van der Waals surface area contributed by atoms with Crippen molar-refractivity contribution in [3.05, 3.63) is 0 Å². The normalized spacial score (nSPS) is 0. The maximum atomic E-state index is 0. The Hall–Kier alpha value is 1.92. The average Bonchev–Trinajstić information content (AvgIpc) is 0. The molecule has 0 spiro atoms. The van der Waals surface area contributed by atoms with Crippen LogP contribution in [0.15, 0.2) is 0 Å². The fourth-order valence-electron chi connectivity index (χ4n) is 0. The monoisotopic (exact) mass is 192 g/mol. The van der Waals surface area contributed by atoms with Crippen molar-refractivity contribution in [2.24, 2.45) is 0 Å². The molecule has 0 aliphatic heterocycles. The first-order valence-corrected chi connectivity index (χ1v) is 0. The van der Waals surface area contributed by atoms with Crippen LogP contribution in [0.5, 0.6) is 0 Å². The first kappa shape index (κ1) is 65.8. The van der Waals surface area contributed by atoms with Gasteiger partial charge in [-0.25, -0.2) is 0 Å². The molecule has 0 aliphatic rings. The van der Waals surface area contributed by atoms with Crippen LogP contribution in [0.2, 0.25) is 0 Å². The molecule has 0 N–H and O–H groups in total. The number of rotatable bonds is 0. The molecule has 5 heteroatoms. The minimum Gasteiger partial charge on any atom is -0.197 e. The van der Waals surface area contributed by atoms with Gasteiger partial charge in [-0.2, -0.15) is 54.0 Å². The molecule has 40 valence electrons. The van der Waals surface area contributed by atoms with Crippen LogP contribution in [0.4, 0.5) is 0 Å². The van der Waals surface area contributed by atoms with E-state index in [1.165, 1.54) is 0 Å². The van der Waals surface area contributed by atoms with E-state index in [4.69, 9.17) is 0 Å². The van der Waals surface area contributed by atoms with Crippen molar-refractivity contribution in [1.29, 1.82) is 0 Å². The second kappa shape index (κ2) is 38.9. The summed E-state index contributed by atoms with van der Waals surface area (Å²) in [6.45, 7) is 0. The van der Waals surface area contributed by atoms with Gasteiger partial charge in [-0.3, -0.25) is 0 Å². The Balaban J connectivity index is 0. The third-order valence-corrected chi connectivity index (χ3v) is 0. The molecule has 0 nitrogen and oxygen atoms in total. The van der Waals surface area contributed by atoms with Gasteiger partial charge in [0, 0.05) is 17.1 Å². The molecule has 5 heavy (non-hydrogen) atoms. The van der Waals surface area contributed by atoms with E-state index in [9.17, 15) is 0 Å². The molecule has 0 unspecified atom stereocenters. The van der Waals surface area contributed by atoms with Crippen LogP contribution in [0.25, 0.3) is 0 Å². The van der Waals surface area contributed by atoms with Crippen molar-refractivity contribution in [2.45, 2.75) is 0 Å². The molecular formula is H8FeS4. The zero-order chi connectivity index (χ0) is 0. The Morgan fingerprint density at radius 2 is 0.400 bits per heavy atom. The van der Waals surface area contributed by atoms with E-state index in [2.05, 4.69) is 0 Å². The van der Waals surface area contributed by atoms with Crippen molar-refractivity contribution in [2.75, 3.05) is 0 Å². The zero-order valence-electron chi connectivity index (χ0n) is 2.35. The van der Waals surface area contributed by atoms with Crippen molar-refractivity contribution >= 4 is 54.0 Å². The SMILES string of the molecule is S.S.S.S.[Fe]. The van der Waals surface area contributed by atoms with E-state index >= 15 is 0 Å². The van der Waals surface area contributed by atoms with E-state index in [0.717, 1.165) is 0 Å². The summed E-state index contributed by atoms with van der Waals surface area (Å²) in [6.07, 6.45) is 0.